The number of rotatable bonds is 4. The highest BCUT2D eigenvalue weighted by Crippen LogP contribution is 2.31. The minimum atomic E-state index is -0.104. The van der Waals surface area contributed by atoms with E-state index in [0.29, 0.717) is 19.4 Å². The molecule has 104 valence electrons. The van der Waals surface area contributed by atoms with Gasteiger partial charge in [-0.3, -0.25) is 9.59 Å². The Hall–Kier alpha value is -1.78. The first kappa shape index (κ1) is 13.6. The first-order valence-electron chi connectivity index (χ1n) is 6.60. The molecule has 1 unspecified atom stereocenters. The summed E-state index contributed by atoms with van der Waals surface area (Å²) in [6.45, 7) is 4.30. The number of ketones is 1. The van der Waals surface area contributed by atoms with Gasteiger partial charge >= 0.3 is 0 Å². The molecule has 5 heteroatoms. The molecule has 1 aliphatic heterocycles. The van der Waals surface area contributed by atoms with E-state index in [0.717, 1.165) is 11.5 Å². The smallest absolute Gasteiger partial charge is 0.222 e. The number of nitrogens with zero attached hydrogens (tertiary/aromatic N) is 1. The minimum absolute atomic E-state index is 0.00545. The summed E-state index contributed by atoms with van der Waals surface area (Å²) in [7, 11) is 1.94. The maximum Gasteiger partial charge on any atom is 0.222 e. The Kier molecular flexibility index (Phi) is 3.93. The van der Waals surface area contributed by atoms with Crippen LogP contribution in [0.3, 0.4) is 0 Å². The molecule has 0 saturated heterocycles. The van der Waals surface area contributed by atoms with E-state index < -0.39 is 0 Å². The standard InChI is InChI=1S/C14H20N2O3/c1-9(2)14(18)15-7-6-13-16(3)11-5-4-10(17)8-12(11)19-13/h4-5,9,13H,6-8H2,1-3H3,(H,15,18). The van der Waals surface area contributed by atoms with Gasteiger partial charge < -0.3 is 15.0 Å². The zero-order valence-corrected chi connectivity index (χ0v) is 11.6. The van der Waals surface area contributed by atoms with Crippen LogP contribution in [-0.2, 0) is 14.3 Å². The predicted octanol–water partition coefficient (Wildman–Crippen LogP) is 1.18. The van der Waals surface area contributed by atoms with Crippen molar-refractivity contribution >= 4 is 11.7 Å². The third-order valence-corrected chi connectivity index (χ3v) is 3.35. The van der Waals surface area contributed by atoms with Gasteiger partial charge in [0.15, 0.2) is 12.0 Å². The fourth-order valence-corrected chi connectivity index (χ4v) is 2.16. The molecule has 19 heavy (non-hydrogen) atoms. The Balaban J connectivity index is 1.84. The molecule has 0 saturated carbocycles. The van der Waals surface area contributed by atoms with Crippen molar-refractivity contribution in [3.63, 3.8) is 0 Å². The average molecular weight is 264 g/mol. The van der Waals surface area contributed by atoms with Crippen molar-refractivity contribution in [1.82, 2.24) is 10.2 Å². The highest BCUT2D eigenvalue weighted by molar-refractivity contribution is 5.93. The third-order valence-electron chi connectivity index (χ3n) is 3.35. The number of amides is 1. The number of hydrogen-bond donors (Lipinski definition) is 1. The first-order valence-corrected chi connectivity index (χ1v) is 6.60. The second-order valence-corrected chi connectivity index (χ2v) is 5.20. The van der Waals surface area contributed by atoms with Crippen molar-refractivity contribution < 1.29 is 14.3 Å². The highest BCUT2D eigenvalue weighted by Gasteiger charge is 2.31. The van der Waals surface area contributed by atoms with Gasteiger partial charge in [-0.25, -0.2) is 0 Å². The molecule has 0 aromatic carbocycles. The molecule has 1 N–H and O–H groups in total. The van der Waals surface area contributed by atoms with E-state index in [1.54, 1.807) is 12.2 Å². The number of likely N-dealkylation sites (N-methyl/N-ethyl adjacent to an activating group) is 1. The van der Waals surface area contributed by atoms with Crippen molar-refractivity contribution in [2.24, 2.45) is 5.92 Å². The monoisotopic (exact) mass is 264 g/mol. The summed E-state index contributed by atoms with van der Waals surface area (Å²) < 4.78 is 5.77. The summed E-state index contributed by atoms with van der Waals surface area (Å²) in [5.41, 5.74) is 0.972. The molecule has 0 bridgehead atoms. The number of carbonyl (C=O) groups excluding carboxylic acids is 2. The zero-order valence-electron chi connectivity index (χ0n) is 11.6. The van der Waals surface area contributed by atoms with Crippen LogP contribution in [0.25, 0.3) is 0 Å². The van der Waals surface area contributed by atoms with Crippen molar-refractivity contribution in [3.8, 4) is 0 Å². The van der Waals surface area contributed by atoms with Gasteiger partial charge in [0.2, 0.25) is 5.91 Å². The molecule has 2 rings (SSSR count). The average Bonchev–Trinajstić information content (AvgIpc) is 2.65. The maximum atomic E-state index is 11.5. The molecule has 0 aromatic heterocycles. The quantitative estimate of drug-likeness (QED) is 0.828. The second-order valence-electron chi connectivity index (χ2n) is 5.20. The van der Waals surface area contributed by atoms with Gasteiger partial charge in [0, 0.05) is 25.9 Å². The number of nitrogens with one attached hydrogen (secondary N) is 1. The largest absolute Gasteiger partial charge is 0.472 e. The van der Waals surface area contributed by atoms with Crippen LogP contribution in [0.5, 0.6) is 0 Å². The van der Waals surface area contributed by atoms with Crippen molar-refractivity contribution in [3.05, 3.63) is 23.6 Å². The molecule has 1 aliphatic carbocycles. The molecule has 1 amide bonds. The van der Waals surface area contributed by atoms with Crippen LogP contribution in [-0.4, -0.2) is 36.4 Å². The van der Waals surface area contributed by atoms with Gasteiger partial charge in [0.05, 0.1) is 12.1 Å². The van der Waals surface area contributed by atoms with Crippen LogP contribution in [0.15, 0.2) is 23.6 Å². The van der Waals surface area contributed by atoms with Crippen LogP contribution in [0, 0.1) is 5.92 Å². The molecule has 1 atom stereocenters. The van der Waals surface area contributed by atoms with Crippen LogP contribution in [0.1, 0.15) is 26.7 Å². The highest BCUT2D eigenvalue weighted by atomic mass is 16.5. The van der Waals surface area contributed by atoms with Crippen molar-refractivity contribution in [1.29, 1.82) is 0 Å². The Morgan fingerprint density at radius 2 is 2.26 bits per heavy atom. The number of hydrogen-bond acceptors (Lipinski definition) is 4. The molecular formula is C14H20N2O3. The SMILES string of the molecule is CC(C)C(=O)NCCC1OC2=C(C=CC(=O)C2)N1C. The van der Waals surface area contributed by atoms with E-state index in [1.807, 2.05) is 25.8 Å². The van der Waals surface area contributed by atoms with Crippen LogP contribution in [0.4, 0.5) is 0 Å². The molecule has 5 nitrogen and oxygen atoms in total. The second kappa shape index (κ2) is 5.47. The molecule has 0 fully saturated rings. The minimum Gasteiger partial charge on any atom is -0.472 e. The summed E-state index contributed by atoms with van der Waals surface area (Å²) in [5.74, 6) is 0.860. The van der Waals surface area contributed by atoms with E-state index in [9.17, 15) is 9.59 Å². The van der Waals surface area contributed by atoms with E-state index in [-0.39, 0.29) is 23.8 Å². The van der Waals surface area contributed by atoms with Gasteiger partial charge in [0.1, 0.15) is 5.76 Å². The Morgan fingerprint density at radius 1 is 1.53 bits per heavy atom. The van der Waals surface area contributed by atoms with Crippen molar-refractivity contribution in [2.75, 3.05) is 13.6 Å². The van der Waals surface area contributed by atoms with E-state index >= 15 is 0 Å². The summed E-state index contributed by atoms with van der Waals surface area (Å²) in [6.07, 6.45) is 4.32. The Labute approximate surface area is 113 Å². The topological polar surface area (TPSA) is 58.6 Å². The first-order chi connectivity index (χ1) is 8.99. The van der Waals surface area contributed by atoms with E-state index in [1.165, 1.54) is 0 Å². The molecular weight excluding hydrogens is 244 g/mol. The lowest BCUT2D eigenvalue weighted by molar-refractivity contribution is -0.124. The van der Waals surface area contributed by atoms with Crippen molar-refractivity contribution in [2.45, 2.75) is 32.9 Å². The van der Waals surface area contributed by atoms with E-state index in [4.69, 9.17) is 4.74 Å². The van der Waals surface area contributed by atoms with Gasteiger partial charge in [0.25, 0.3) is 0 Å². The Morgan fingerprint density at radius 3 is 2.95 bits per heavy atom. The van der Waals surface area contributed by atoms with Gasteiger partial charge in [-0.1, -0.05) is 13.8 Å². The maximum absolute atomic E-state index is 11.5. The number of ether oxygens (including phenoxy) is 1. The number of carbonyl (C=O) groups is 2. The fourth-order valence-electron chi connectivity index (χ4n) is 2.16. The fraction of sp³-hybridized carbons (Fsp3) is 0.571. The van der Waals surface area contributed by atoms with Gasteiger partial charge in [-0.2, -0.15) is 0 Å². The zero-order chi connectivity index (χ0) is 14.0. The lowest BCUT2D eigenvalue weighted by Gasteiger charge is -2.22. The molecule has 2 aliphatic rings. The molecule has 0 radical (unpaired) electrons. The normalized spacial score (nSPS) is 21.8. The molecule has 0 spiro atoms. The van der Waals surface area contributed by atoms with Crippen LogP contribution >= 0.6 is 0 Å². The molecule has 1 heterocycles. The Bertz CT molecular complexity index is 452. The number of allylic oxidation sites excluding steroid dienone is 3. The third kappa shape index (κ3) is 2.97. The predicted molar refractivity (Wildman–Crippen MR) is 70.9 cm³/mol. The summed E-state index contributed by atoms with van der Waals surface area (Å²) >= 11 is 0. The lowest BCUT2D eigenvalue weighted by atomic mass is 10.1. The molecule has 0 aromatic rings. The lowest BCUT2D eigenvalue weighted by Crippen LogP contribution is -2.34. The van der Waals surface area contributed by atoms with Crippen LogP contribution < -0.4 is 5.32 Å². The summed E-state index contributed by atoms with van der Waals surface area (Å²) in [6, 6.07) is 0. The van der Waals surface area contributed by atoms with Crippen LogP contribution in [0.2, 0.25) is 0 Å². The van der Waals surface area contributed by atoms with E-state index in [2.05, 4.69) is 5.32 Å². The van der Waals surface area contributed by atoms with Gasteiger partial charge in [-0.05, 0) is 12.2 Å². The summed E-state index contributed by atoms with van der Waals surface area (Å²) in [5, 5.41) is 2.87. The van der Waals surface area contributed by atoms with Gasteiger partial charge in [-0.15, -0.1) is 0 Å². The summed E-state index contributed by atoms with van der Waals surface area (Å²) in [4.78, 5) is 24.8.